The van der Waals surface area contributed by atoms with Crippen molar-refractivity contribution in [2.75, 3.05) is 36.4 Å². The molecule has 5 nitrogen and oxygen atoms in total. The number of hydrogen-bond donors (Lipinski definition) is 2. The van der Waals surface area contributed by atoms with Crippen LogP contribution in [-0.2, 0) is 4.79 Å². The molecule has 0 spiro atoms. The minimum atomic E-state index is -0.0541. The van der Waals surface area contributed by atoms with E-state index in [-0.39, 0.29) is 11.8 Å². The summed E-state index contributed by atoms with van der Waals surface area (Å²) < 4.78 is 0. The minimum absolute atomic E-state index is 0.0411. The number of pyridine rings is 1. The molecule has 2 heterocycles. The Hall–Kier alpha value is -1.62. The van der Waals surface area contributed by atoms with Crippen molar-refractivity contribution in [1.29, 1.82) is 0 Å². The van der Waals surface area contributed by atoms with Crippen molar-refractivity contribution >= 4 is 17.4 Å². The molecule has 0 aromatic carbocycles. The molecule has 1 unspecified atom stereocenters. The second-order valence-electron chi connectivity index (χ2n) is 5.27. The Morgan fingerprint density at radius 1 is 1.45 bits per heavy atom. The molecule has 1 atom stereocenters. The van der Waals surface area contributed by atoms with E-state index in [9.17, 15) is 4.79 Å². The third kappa shape index (κ3) is 3.70. The molecule has 1 amide bonds. The molecule has 1 saturated heterocycles. The fourth-order valence-corrected chi connectivity index (χ4v) is 2.38. The highest BCUT2D eigenvalue weighted by Crippen LogP contribution is 2.26. The first-order valence-electron chi connectivity index (χ1n) is 7.44. The van der Waals surface area contributed by atoms with Gasteiger partial charge in [0.1, 0.15) is 0 Å². The van der Waals surface area contributed by atoms with Crippen molar-refractivity contribution in [3.63, 3.8) is 0 Å². The van der Waals surface area contributed by atoms with Crippen LogP contribution in [0.4, 0.5) is 11.5 Å². The van der Waals surface area contributed by atoms with Gasteiger partial charge in [-0.1, -0.05) is 13.8 Å². The summed E-state index contributed by atoms with van der Waals surface area (Å²) in [5.41, 5.74) is 0.822. The molecule has 110 valence electrons. The first-order valence-corrected chi connectivity index (χ1v) is 7.44. The fraction of sp³-hybridized carbons (Fsp3) is 0.600. The van der Waals surface area contributed by atoms with Crippen LogP contribution in [0.15, 0.2) is 18.3 Å². The summed E-state index contributed by atoms with van der Waals surface area (Å²) in [7, 11) is 0. The van der Waals surface area contributed by atoms with Crippen LogP contribution < -0.4 is 15.5 Å². The Labute approximate surface area is 120 Å². The van der Waals surface area contributed by atoms with Gasteiger partial charge in [0.05, 0.1) is 5.69 Å². The average Bonchev–Trinajstić information content (AvgIpc) is 2.99. The SMILES string of the molecule is CCNCC(C)C(=O)Nc1cccnc1N1CCCC1. The molecule has 2 N–H and O–H groups in total. The maximum atomic E-state index is 12.2. The standard InChI is InChI=1S/C15H24N4O/c1-3-16-11-12(2)15(20)18-13-7-6-8-17-14(13)19-9-4-5-10-19/h6-8,12,16H,3-5,9-11H2,1-2H3,(H,18,20). The smallest absolute Gasteiger partial charge is 0.228 e. The molecule has 0 bridgehead atoms. The van der Waals surface area contributed by atoms with E-state index in [1.807, 2.05) is 26.0 Å². The summed E-state index contributed by atoms with van der Waals surface area (Å²) in [5, 5.41) is 6.21. The molecule has 0 radical (unpaired) electrons. The lowest BCUT2D eigenvalue weighted by Gasteiger charge is -2.21. The van der Waals surface area contributed by atoms with Crippen LogP contribution >= 0.6 is 0 Å². The maximum absolute atomic E-state index is 12.2. The minimum Gasteiger partial charge on any atom is -0.355 e. The molecule has 1 aromatic heterocycles. The lowest BCUT2D eigenvalue weighted by atomic mass is 10.1. The van der Waals surface area contributed by atoms with Gasteiger partial charge in [-0.2, -0.15) is 0 Å². The highest BCUT2D eigenvalue weighted by molar-refractivity contribution is 5.95. The van der Waals surface area contributed by atoms with E-state index < -0.39 is 0 Å². The Morgan fingerprint density at radius 3 is 2.90 bits per heavy atom. The van der Waals surface area contributed by atoms with Crippen LogP contribution in [0, 0.1) is 5.92 Å². The van der Waals surface area contributed by atoms with Gasteiger partial charge >= 0.3 is 0 Å². The predicted molar refractivity (Wildman–Crippen MR) is 82.0 cm³/mol. The summed E-state index contributed by atoms with van der Waals surface area (Å²) in [6.07, 6.45) is 4.17. The molecule has 1 aliphatic heterocycles. The number of carbonyl (C=O) groups excluding carboxylic acids is 1. The fourth-order valence-electron chi connectivity index (χ4n) is 2.38. The van der Waals surface area contributed by atoms with Crippen molar-refractivity contribution in [3.05, 3.63) is 18.3 Å². The summed E-state index contributed by atoms with van der Waals surface area (Å²) in [4.78, 5) is 18.9. The molecule has 1 aromatic rings. The number of anilines is 2. The highest BCUT2D eigenvalue weighted by atomic mass is 16.1. The molecule has 1 fully saturated rings. The van der Waals surface area contributed by atoms with Crippen LogP contribution in [0.5, 0.6) is 0 Å². The molecule has 1 aliphatic rings. The average molecular weight is 276 g/mol. The van der Waals surface area contributed by atoms with Gasteiger partial charge < -0.3 is 15.5 Å². The molecule has 2 rings (SSSR count). The quantitative estimate of drug-likeness (QED) is 0.833. The van der Waals surface area contributed by atoms with E-state index in [4.69, 9.17) is 0 Å². The number of aromatic nitrogens is 1. The number of amides is 1. The summed E-state index contributed by atoms with van der Waals surface area (Å²) >= 11 is 0. The second-order valence-corrected chi connectivity index (χ2v) is 5.27. The van der Waals surface area contributed by atoms with E-state index in [2.05, 4.69) is 20.5 Å². The van der Waals surface area contributed by atoms with Crippen LogP contribution in [-0.4, -0.2) is 37.1 Å². The highest BCUT2D eigenvalue weighted by Gasteiger charge is 2.19. The van der Waals surface area contributed by atoms with E-state index >= 15 is 0 Å². The van der Waals surface area contributed by atoms with Crippen LogP contribution in [0.25, 0.3) is 0 Å². The number of nitrogens with zero attached hydrogens (tertiary/aromatic N) is 2. The molecule has 0 aliphatic carbocycles. The zero-order valence-corrected chi connectivity index (χ0v) is 12.4. The third-order valence-electron chi connectivity index (χ3n) is 3.60. The lowest BCUT2D eigenvalue weighted by Crippen LogP contribution is -2.31. The van der Waals surface area contributed by atoms with Gasteiger partial charge in [-0.3, -0.25) is 4.79 Å². The number of nitrogens with one attached hydrogen (secondary N) is 2. The van der Waals surface area contributed by atoms with Gasteiger partial charge in [0.25, 0.3) is 0 Å². The van der Waals surface area contributed by atoms with Gasteiger partial charge in [-0.25, -0.2) is 4.98 Å². The largest absolute Gasteiger partial charge is 0.355 e. The zero-order valence-electron chi connectivity index (χ0n) is 12.4. The van der Waals surface area contributed by atoms with E-state index in [1.165, 1.54) is 12.8 Å². The Bertz CT molecular complexity index is 443. The molecular weight excluding hydrogens is 252 g/mol. The van der Waals surface area contributed by atoms with Crippen LogP contribution in [0.2, 0.25) is 0 Å². The molecule has 20 heavy (non-hydrogen) atoms. The van der Waals surface area contributed by atoms with Gasteiger partial charge in [-0.05, 0) is 31.5 Å². The number of carbonyl (C=O) groups is 1. The topological polar surface area (TPSA) is 57.3 Å². The van der Waals surface area contributed by atoms with E-state index in [1.54, 1.807) is 6.20 Å². The maximum Gasteiger partial charge on any atom is 0.228 e. The van der Waals surface area contributed by atoms with Crippen molar-refractivity contribution in [2.24, 2.45) is 5.92 Å². The first-order chi connectivity index (χ1) is 9.72. The van der Waals surface area contributed by atoms with Crippen molar-refractivity contribution in [3.8, 4) is 0 Å². The predicted octanol–water partition coefficient (Wildman–Crippen LogP) is 1.87. The lowest BCUT2D eigenvalue weighted by molar-refractivity contribution is -0.119. The molecular formula is C15H24N4O. The van der Waals surface area contributed by atoms with E-state index in [0.717, 1.165) is 31.1 Å². The third-order valence-corrected chi connectivity index (χ3v) is 3.60. The number of rotatable bonds is 6. The monoisotopic (exact) mass is 276 g/mol. The Morgan fingerprint density at radius 2 is 2.20 bits per heavy atom. The van der Waals surface area contributed by atoms with Gasteiger partial charge in [0.15, 0.2) is 5.82 Å². The van der Waals surface area contributed by atoms with Crippen molar-refractivity contribution in [2.45, 2.75) is 26.7 Å². The molecule has 0 saturated carbocycles. The van der Waals surface area contributed by atoms with Gasteiger partial charge in [-0.15, -0.1) is 0 Å². The summed E-state index contributed by atoms with van der Waals surface area (Å²) in [5.74, 6) is 0.884. The van der Waals surface area contributed by atoms with Gasteiger partial charge in [0.2, 0.25) is 5.91 Å². The van der Waals surface area contributed by atoms with E-state index in [0.29, 0.717) is 6.54 Å². The normalized spacial score (nSPS) is 16.2. The van der Waals surface area contributed by atoms with Crippen LogP contribution in [0.3, 0.4) is 0 Å². The zero-order chi connectivity index (χ0) is 14.4. The van der Waals surface area contributed by atoms with Gasteiger partial charge in [0, 0.05) is 31.7 Å². The summed E-state index contributed by atoms with van der Waals surface area (Å²) in [6.45, 7) is 7.59. The van der Waals surface area contributed by atoms with Crippen molar-refractivity contribution < 1.29 is 4.79 Å². The Kier molecular flexibility index (Phi) is 5.35. The first kappa shape index (κ1) is 14.8. The summed E-state index contributed by atoms with van der Waals surface area (Å²) in [6, 6.07) is 3.79. The van der Waals surface area contributed by atoms with Crippen LogP contribution in [0.1, 0.15) is 26.7 Å². The second kappa shape index (κ2) is 7.24. The number of hydrogen-bond acceptors (Lipinski definition) is 4. The molecule has 5 heteroatoms. The van der Waals surface area contributed by atoms with Crippen molar-refractivity contribution in [1.82, 2.24) is 10.3 Å². The Balaban J connectivity index is 2.03.